The van der Waals surface area contributed by atoms with Gasteiger partial charge in [-0.3, -0.25) is 4.79 Å². The molecule has 1 amide bonds. The van der Waals surface area contributed by atoms with E-state index in [1.165, 1.54) is 0 Å². The second kappa shape index (κ2) is 9.59. The van der Waals surface area contributed by atoms with Crippen LogP contribution < -0.4 is 0 Å². The van der Waals surface area contributed by atoms with Gasteiger partial charge >= 0.3 is 5.97 Å². The van der Waals surface area contributed by atoms with Crippen LogP contribution in [0.15, 0.2) is 11.6 Å². The molecule has 1 aliphatic heterocycles. The fourth-order valence-electron chi connectivity index (χ4n) is 3.47. The molecule has 0 aliphatic carbocycles. The van der Waals surface area contributed by atoms with Crippen molar-refractivity contribution in [2.75, 3.05) is 19.7 Å². The number of esters is 1. The minimum Gasteiger partial charge on any atom is -0.451 e. The first-order chi connectivity index (χ1) is 13.2. The van der Waals surface area contributed by atoms with Crippen LogP contribution in [-0.2, 0) is 20.9 Å². The largest absolute Gasteiger partial charge is 0.451 e. The second-order valence-corrected chi connectivity index (χ2v) is 8.14. The smallest absolute Gasteiger partial charge is 0.349 e. The number of carbonyl (C=O) groups is 2. The number of nitriles is 1. The van der Waals surface area contributed by atoms with E-state index in [2.05, 4.69) is 25.3 Å². The molecule has 6 heteroatoms. The highest BCUT2D eigenvalue weighted by Gasteiger charge is 2.22. The van der Waals surface area contributed by atoms with Crippen molar-refractivity contribution in [3.05, 3.63) is 28.6 Å². The van der Waals surface area contributed by atoms with Gasteiger partial charge in [-0.05, 0) is 56.2 Å². The van der Waals surface area contributed by atoms with Gasteiger partial charge in [-0.15, -0.1) is 0 Å². The van der Waals surface area contributed by atoms with Crippen LogP contribution in [0.1, 0.15) is 50.6 Å². The zero-order valence-electron chi connectivity index (χ0n) is 17.6. The number of aromatic nitrogens is 1. The van der Waals surface area contributed by atoms with Crippen molar-refractivity contribution in [1.29, 1.82) is 5.26 Å². The summed E-state index contributed by atoms with van der Waals surface area (Å²) in [4.78, 5) is 26.3. The summed E-state index contributed by atoms with van der Waals surface area (Å²) in [5.41, 5.74) is 2.82. The molecule has 2 heterocycles. The predicted octanol–water partition coefficient (Wildman–Crippen LogP) is 3.47. The fourth-order valence-corrected chi connectivity index (χ4v) is 3.47. The molecule has 0 saturated carbocycles. The molecule has 0 radical (unpaired) electrons. The quantitative estimate of drug-likeness (QED) is 0.427. The lowest BCUT2D eigenvalue weighted by molar-refractivity contribution is -0.149. The van der Waals surface area contributed by atoms with Crippen LogP contribution in [0.4, 0.5) is 0 Å². The highest BCUT2D eigenvalue weighted by Crippen LogP contribution is 2.20. The Bertz CT molecular complexity index is 791. The predicted molar refractivity (Wildman–Crippen MR) is 108 cm³/mol. The van der Waals surface area contributed by atoms with Gasteiger partial charge in [0, 0.05) is 31.0 Å². The summed E-state index contributed by atoms with van der Waals surface area (Å²) in [6.45, 7) is 12.4. The fraction of sp³-hybridized carbons (Fsp3) is 0.591. The molecule has 6 nitrogen and oxygen atoms in total. The first-order valence-corrected chi connectivity index (χ1v) is 9.96. The topological polar surface area (TPSA) is 75.3 Å². The lowest BCUT2D eigenvalue weighted by Gasteiger charge is -2.30. The summed E-state index contributed by atoms with van der Waals surface area (Å²) < 4.78 is 7.30. The number of aryl methyl sites for hydroxylation is 1. The molecule has 0 aromatic carbocycles. The molecule has 1 aliphatic rings. The summed E-state index contributed by atoms with van der Waals surface area (Å²) in [6.07, 6.45) is 3.48. The number of likely N-dealkylation sites (tertiary alicyclic amines) is 1. The standard InChI is InChI=1S/C22H31N3O3/c1-15(2)13-25-17(4)10-19(18(25)5)11-20(12-23)22(27)28-14-21(26)24-8-6-16(3)7-9-24/h10-11,15-16H,6-9,13-14H2,1-5H3/b20-11+. The number of piperidine rings is 1. The Balaban J connectivity index is 2.03. The monoisotopic (exact) mass is 385 g/mol. The lowest BCUT2D eigenvalue weighted by Crippen LogP contribution is -2.40. The van der Waals surface area contributed by atoms with Crippen LogP contribution in [0, 0.1) is 37.0 Å². The molecular formula is C22H31N3O3. The van der Waals surface area contributed by atoms with E-state index in [4.69, 9.17) is 4.74 Å². The van der Waals surface area contributed by atoms with Gasteiger partial charge < -0.3 is 14.2 Å². The number of hydrogen-bond donors (Lipinski definition) is 0. The molecule has 0 atom stereocenters. The third kappa shape index (κ3) is 5.48. The van der Waals surface area contributed by atoms with E-state index in [1.54, 1.807) is 11.0 Å². The van der Waals surface area contributed by atoms with Crippen LogP contribution in [0.5, 0.6) is 0 Å². The number of ether oxygens (including phenoxy) is 1. The van der Waals surface area contributed by atoms with Gasteiger partial charge in [0.15, 0.2) is 6.61 Å². The summed E-state index contributed by atoms with van der Waals surface area (Å²) in [5, 5.41) is 9.39. The van der Waals surface area contributed by atoms with Gasteiger partial charge in [-0.1, -0.05) is 20.8 Å². The summed E-state index contributed by atoms with van der Waals surface area (Å²) in [5.74, 6) is 0.155. The zero-order chi connectivity index (χ0) is 20.8. The Morgan fingerprint density at radius 1 is 1.32 bits per heavy atom. The molecule has 0 bridgehead atoms. The molecule has 1 saturated heterocycles. The molecule has 1 fully saturated rings. The van der Waals surface area contributed by atoms with E-state index in [1.807, 2.05) is 26.0 Å². The number of hydrogen-bond acceptors (Lipinski definition) is 4. The van der Waals surface area contributed by atoms with E-state index in [0.29, 0.717) is 24.9 Å². The van der Waals surface area contributed by atoms with Crippen molar-refractivity contribution in [2.24, 2.45) is 11.8 Å². The van der Waals surface area contributed by atoms with Gasteiger partial charge in [0.2, 0.25) is 0 Å². The van der Waals surface area contributed by atoms with E-state index in [-0.39, 0.29) is 18.1 Å². The van der Waals surface area contributed by atoms with Gasteiger partial charge in [-0.25, -0.2) is 4.79 Å². The molecular weight excluding hydrogens is 354 g/mol. The number of nitrogens with zero attached hydrogens (tertiary/aromatic N) is 3. The minimum absolute atomic E-state index is 0.0927. The van der Waals surface area contributed by atoms with Crippen molar-refractivity contribution in [3.8, 4) is 6.07 Å². The summed E-state index contributed by atoms with van der Waals surface area (Å²) in [7, 11) is 0. The maximum absolute atomic E-state index is 12.3. The van der Waals surface area contributed by atoms with Crippen LogP contribution in [-0.4, -0.2) is 41.0 Å². The summed E-state index contributed by atoms with van der Waals surface area (Å²) >= 11 is 0. The van der Waals surface area contributed by atoms with Gasteiger partial charge in [-0.2, -0.15) is 5.26 Å². The highest BCUT2D eigenvalue weighted by atomic mass is 16.5. The number of amides is 1. The van der Waals surface area contributed by atoms with E-state index >= 15 is 0 Å². The average molecular weight is 386 g/mol. The minimum atomic E-state index is -0.755. The Labute approximate surface area is 167 Å². The van der Waals surface area contributed by atoms with Crippen LogP contribution >= 0.6 is 0 Å². The highest BCUT2D eigenvalue weighted by molar-refractivity contribution is 5.99. The van der Waals surface area contributed by atoms with Crippen molar-refractivity contribution in [3.63, 3.8) is 0 Å². The van der Waals surface area contributed by atoms with Crippen molar-refractivity contribution in [2.45, 2.75) is 54.0 Å². The van der Waals surface area contributed by atoms with Crippen LogP contribution in [0.3, 0.4) is 0 Å². The van der Waals surface area contributed by atoms with E-state index in [9.17, 15) is 14.9 Å². The third-order valence-corrected chi connectivity index (χ3v) is 5.26. The Hall–Kier alpha value is -2.55. The molecule has 0 unspecified atom stereocenters. The van der Waals surface area contributed by atoms with E-state index in [0.717, 1.165) is 36.3 Å². The van der Waals surface area contributed by atoms with E-state index < -0.39 is 5.97 Å². The first kappa shape index (κ1) is 21.7. The van der Waals surface area contributed by atoms with Crippen molar-refractivity contribution in [1.82, 2.24) is 9.47 Å². The maximum Gasteiger partial charge on any atom is 0.349 e. The Morgan fingerprint density at radius 3 is 2.54 bits per heavy atom. The van der Waals surface area contributed by atoms with Crippen molar-refractivity contribution < 1.29 is 14.3 Å². The van der Waals surface area contributed by atoms with Gasteiger partial charge in [0.25, 0.3) is 5.91 Å². The lowest BCUT2D eigenvalue weighted by atomic mass is 9.99. The number of carbonyl (C=O) groups excluding carboxylic acids is 2. The SMILES string of the molecule is Cc1cc(/C=C(\C#N)C(=O)OCC(=O)N2CCC(C)CC2)c(C)n1CC(C)C. The van der Waals surface area contributed by atoms with Gasteiger partial charge in [0.1, 0.15) is 11.6 Å². The third-order valence-electron chi connectivity index (χ3n) is 5.26. The molecule has 0 N–H and O–H groups in total. The molecule has 1 aromatic rings. The Kier molecular flexibility index (Phi) is 7.45. The average Bonchev–Trinajstić information content (AvgIpc) is 2.91. The second-order valence-electron chi connectivity index (χ2n) is 8.14. The molecule has 0 spiro atoms. The summed E-state index contributed by atoms with van der Waals surface area (Å²) in [6, 6.07) is 3.87. The molecule has 152 valence electrons. The molecule has 2 rings (SSSR count). The molecule has 28 heavy (non-hydrogen) atoms. The molecule has 1 aromatic heterocycles. The maximum atomic E-state index is 12.3. The zero-order valence-corrected chi connectivity index (χ0v) is 17.6. The normalized spacial score (nSPS) is 15.6. The Morgan fingerprint density at radius 2 is 1.96 bits per heavy atom. The van der Waals surface area contributed by atoms with Crippen molar-refractivity contribution >= 4 is 18.0 Å². The number of rotatable bonds is 6. The first-order valence-electron chi connectivity index (χ1n) is 9.96. The van der Waals surface area contributed by atoms with Crippen LogP contribution in [0.25, 0.3) is 6.08 Å². The van der Waals surface area contributed by atoms with Gasteiger partial charge in [0.05, 0.1) is 0 Å². The van der Waals surface area contributed by atoms with Crippen LogP contribution in [0.2, 0.25) is 0 Å².